The number of rotatable bonds is 8. The lowest BCUT2D eigenvalue weighted by atomic mass is 9.87. The second-order valence-corrected chi connectivity index (χ2v) is 13.2. The summed E-state index contributed by atoms with van der Waals surface area (Å²) in [4.78, 5) is 52.1. The van der Waals surface area contributed by atoms with Crippen LogP contribution in [0.1, 0.15) is 34.1 Å². The Bertz CT molecular complexity index is 1460. The first-order chi connectivity index (χ1) is 20.5. The van der Waals surface area contributed by atoms with Crippen LogP contribution >= 0.6 is 47.8 Å². The minimum absolute atomic E-state index is 0.0687. The quantitative estimate of drug-likeness (QED) is 0.229. The molecule has 1 aliphatic carbocycles. The number of hydrogen-bond donors (Lipinski definition) is 1. The fourth-order valence-electron chi connectivity index (χ4n) is 4.91. The summed E-state index contributed by atoms with van der Waals surface area (Å²) in [6.07, 6.45) is 2.00. The first-order valence-corrected chi connectivity index (χ1v) is 15.7. The summed E-state index contributed by atoms with van der Waals surface area (Å²) in [5.41, 5.74) is -0.753. The Kier molecular flexibility index (Phi) is 9.86. The highest BCUT2D eigenvalue weighted by Gasteiger charge is 2.64. The normalized spacial score (nSPS) is 27.5. The van der Waals surface area contributed by atoms with Crippen LogP contribution in [0.4, 0.5) is 0 Å². The van der Waals surface area contributed by atoms with E-state index < -0.39 is 60.6 Å². The van der Waals surface area contributed by atoms with Crippen LogP contribution in [-0.2, 0) is 33.3 Å². The van der Waals surface area contributed by atoms with Gasteiger partial charge in [0.25, 0.3) is 0 Å². The highest BCUT2D eigenvalue weighted by atomic mass is 79.9. The Morgan fingerprint density at radius 3 is 2.14 bits per heavy atom. The minimum Gasteiger partial charge on any atom is -0.459 e. The van der Waals surface area contributed by atoms with E-state index in [0.717, 1.165) is 8.95 Å². The van der Waals surface area contributed by atoms with E-state index in [1.165, 1.54) is 6.92 Å². The van der Waals surface area contributed by atoms with Crippen molar-refractivity contribution >= 4 is 71.6 Å². The van der Waals surface area contributed by atoms with Gasteiger partial charge >= 0.3 is 17.9 Å². The summed E-state index contributed by atoms with van der Waals surface area (Å²) >= 11 is 10.2. The molecule has 5 rings (SSSR count). The third kappa shape index (κ3) is 7.28. The van der Waals surface area contributed by atoms with E-state index in [2.05, 4.69) is 53.1 Å². The summed E-state index contributed by atoms with van der Waals surface area (Å²) in [6.45, 7) is 0.720. The molecule has 6 atom stereocenters. The molecule has 2 aliphatic heterocycles. The van der Waals surface area contributed by atoms with Gasteiger partial charge in [0.15, 0.2) is 24.1 Å². The second-order valence-electron chi connectivity index (χ2n) is 10.1. The Morgan fingerprint density at radius 1 is 0.930 bits per heavy atom. The van der Waals surface area contributed by atoms with Crippen molar-refractivity contribution in [3.63, 3.8) is 0 Å². The Balaban J connectivity index is 1.48. The number of allylic oxidation sites excluding steroid dienone is 2. The maximum Gasteiger partial charge on any atom is 0.338 e. The molecule has 2 bridgehead atoms. The highest BCUT2D eigenvalue weighted by molar-refractivity contribution is 9.10. The van der Waals surface area contributed by atoms with Gasteiger partial charge in [0.05, 0.1) is 23.3 Å². The third-order valence-electron chi connectivity index (χ3n) is 7.04. The van der Waals surface area contributed by atoms with Gasteiger partial charge in [-0.3, -0.25) is 4.79 Å². The minimum atomic E-state index is -1.55. The predicted octanol–water partition coefficient (Wildman–Crippen LogP) is 4.79. The summed E-state index contributed by atoms with van der Waals surface area (Å²) < 4.78 is 31.3. The van der Waals surface area contributed by atoms with E-state index in [1.807, 2.05) is 6.08 Å². The second kappa shape index (κ2) is 13.4. The molecule has 0 aromatic heterocycles. The number of amides is 1. The zero-order valence-corrected chi connectivity index (χ0v) is 27.4. The zero-order chi connectivity index (χ0) is 30.7. The zero-order valence-electron chi connectivity index (χ0n) is 22.7. The SMILES string of the molecule is CC(=O)N[C@H]1[C@H]2OC[C@](COC(=O)c3ccc(Br)cc3)(O2)[C@H](OC(=O)C2=CCC(Br)C=C2)[C@@H]1OC(=O)c1ccc(Br)cc1. The van der Waals surface area contributed by atoms with E-state index >= 15 is 0 Å². The molecule has 1 unspecified atom stereocenters. The lowest BCUT2D eigenvalue weighted by Crippen LogP contribution is -2.68. The molecule has 43 heavy (non-hydrogen) atoms. The maximum absolute atomic E-state index is 13.5. The van der Waals surface area contributed by atoms with Crippen LogP contribution in [0.25, 0.3) is 0 Å². The molecule has 0 spiro atoms. The van der Waals surface area contributed by atoms with Gasteiger partial charge in [0.2, 0.25) is 5.91 Å². The van der Waals surface area contributed by atoms with Crippen molar-refractivity contribution in [3.8, 4) is 0 Å². The van der Waals surface area contributed by atoms with E-state index in [4.69, 9.17) is 23.7 Å². The lowest BCUT2D eigenvalue weighted by Gasteiger charge is -2.45. The Labute approximate surface area is 272 Å². The number of carbonyl (C=O) groups is 4. The maximum atomic E-state index is 13.5. The van der Waals surface area contributed by atoms with Crippen LogP contribution in [0, 0.1) is 0 Å². The molecule has 2 aromatic rings. The molecule has 13 heteroatoms. The van der Waals surface area contributed by atoms with E-state index in [9.17, 15) is 19.2 Å². The summed E-state index contributed by atoms with van der Waals surface area (Å²) in [6, 6.07) is 12.0. The highest BCUT2D eigenvalue weighted by Crippen LogP contribution is 2.41. The fourth-order valence-corrected chi connectivity index (χ4v) is 5.78. The van der Waals surface area contributed by atoms with Gasteiger partial charge in [-0.25, -0.2) is 14.4 Å². The molecule has 2 saturated heterocycles. The van der Waals surface area contributed by atoms with Gasteiger partial charge < -0.3 is 29.0 Å². The van der Waals surface area contributed by atoms with Crippen molar-refractivity contribution in [2.24, 2.45) is 0 Å². The topological polar surface area (TPSA) is 126 Å². The van der Waals surface area contributed by atoms with Crippen molar-refractivity contribution in [2.45, 2.75) is 48.3 Å². The van der Waals surface area contributed by atoms with Crippen molar-refractivity contribution in [3.05, 3.63) is 92.4 Å². The van der Waals surface area contributed by atoms with Crippen molar-refractivity contribution in [1.82, 2.24) is 5.32 Å². The molecule has 2 aromatic carbocycles. The molecule has 1 N–H and O–H groups in total. The summed E-state index contributed by atoms with van der Waals surface area (Å²) in [5.74, 6) is -2.53. The van der Waals surface area contributed by atoms with Gasteiger partial charge in [-0.2, -0.15) is 0 Å². The number of carbonyl (C=O) groups excluding carboxylic acids is 4. The van der Waals surface area contributed by atoms with Crippen LogP contribution in [0.5, 0.6) is 0 Å². The van der Waals surface area contributed by atoms with Crippen molar-refractivity contribution in [2.75, 3.05) is 13.2 Å². The molecule has 0 saturated carbocycles. The first-order valence-electron chi connectivity index (χ1n) is 13.2. The molecule has 3 aliphatic rings. The summed E-state index contributed by atoms with van der Waals surface area (Å²) in [5, 5.41) is 2.72. The van der Waals surface area contributed by atoms with Gasteiger partial charge in [-0.1, -0.05) is 66.0 Å². The van der Waals surface area contributed by atoms with Crippen LogP contribution < -0.4 is 5.32 Å². The van der Waals surface area contributed by atoms with Gasteiger partial charge in [-0.05, 0) is 55.0 Å². The number of ether oxygens (including phenoxy) is 5. The average molecular weight is 784 g/mol. The van der Waals surface area contributed by atoms with Crippen molar-refractivity contribution < 1.29 is 42.9 Å². The number of nitrogens with one attached hydrogen (secondary N) is 1. The third-order valence-corrected chi connectivity index (χ3v) is 8.78. The lowest BCUT2D eigenvalue weighted by molar-refractivity contribution is -0.241. The molecule has 10 nitrogen and oxygen atoms in total. The standard InChI is InChI=1S/C30H26Br3NO9/c1-16(35)34-23-24(41-27(37)18-4-10-21(32)11-5-18)25(42-28(38)19-6-12-22(33)13-7-19)30(15-40-29(23)43-30)14-39-26(36)17-2-8-20(31)9-3-17/h2-12,22-25,29H,13-15H2,1H3,(H,34,35)/t22?,23-,24-,25-,29+,30+/m1/s1. The van der Waals surface area contributed by atoms with Crippen LogP contribution in [-0.4, -0.2) is 72.0 Å². The monoisotopic (exact) mass is 781 g/mol. The molecule has 1 amide bonds. The van der Waals surface area contributed by atoms with E-state index in [0.29, 0.717) is 6.42 Å². The van der Waals surface area contributed by atoms with Crippen LogP contribution in [0.2, 0.25) is 0 Å². The molecule has 2 heterocycles. The number of hydrogen-bond acceptors (Lipinski definition) is 9. The van der Waals surface area contributed by atoms with Crippen LogP contribution in [0.15, 0.2) is 81.3 Å². The van der Waals surface area contributed by atoms with E-state index in [1.54, 1.807) is 60.7 Å². The van der Waals surface area contributed by atoms with Gasteiger partial charge in [0, 0.05) is 20.7 Å². The number of halogens is 3. The number of alkyl halides is 1. The molecular formula is C30H26Br3NO9. The molecular weight excluding hydrogens is 758 g/mol. The Morgan fingerprint density at radius 2 is 1.56 bits per heavy atom. The smallest absolute Gasteiger partial charge is 0.338 e. The summed E-state index contributed by atoms with van der Waals surface area (Å²) in [7, 11) is 0. The van der Waals surface area contributed by atoms with Crippen molar-refractivity contribution in [1.29, 1.82) is 0 Å². The largest absolute Gasteiger partial charge is 0.459 e. The van der Waals surface area contributed by atoms with E-state index in [-0.39, 0.29) is 28.1 Å². The predicted molar refractivity (Wildman–Crippen MR) is 163 cm³/mol. The molecule has 226 valence electrons. The number of esters is 3. The van der Waals surface area contributed by atoms with Gasteiger partial charge in [0.1, 0.15) is 12.6 Å². The van der Waals surface area contributed by atoms with Gasteiger partial charge in [-0.15, -0.1) is 0 Å². The average Bonchev–Trinajstić information content (AvgIpc) is 3.38. The molecule has 0 radical (unpaired) electrons. The first kappa shape index (κ1) is 31.6. The fraction of sp³-hybridized carbons (Fsp3) is 0.333. The number of fused-ring (bicyclic) bond motifs is 2. The molecule has 2 fully saturated rings. The Hall–Kier alpha value is -2.84. The van der Waals surface area contributed by atoms with Crippen LogP contribution in [0.3, 0.4) is 0 Å². The number of benzene rings is 2.